The van der Waals surface area contributed by atoms with Crippen molar-refractivity contribution in [2.45, 2.75) is 19.8 Å². The molecule has 0 radical (unpaired) electrons. The first-order valence-electron chi connectivity index (χ1n) is 8.24. The minimum atomic E-state index is -0.0717. The van der Waals surface area contributed by atoms with Gasteiger partial charge in [0.2, 0.25) is 0 Å². The molecule has 2 aromatic rings. The van der Waals surface area contributed by atoms with Crippen LogP contribution in [0.15, 0.2) is 42.5 Å². The van der Waals surface area contributed by atoms with Crippen LogP contribution in [0.5, 0.6) is 17.2 Å². The first-order valence-corrected chi connectivity index (χ1v) is 8.24. The molecule has 0 heterocycles. The van der Waals surface area contributed by atoms with Crippen LogP contribution in [0.2, 0.25) is 0 Å². The second-order valence-corrected chi connectivity index (χ2v) is 5.58. The van der Waals surface area contributed by atoms with Gasteiger partial charge < -0.3 is 14.2 Å². The largest absolute Gasteiger partial charge is 0.497 e. The molecule has 0 aliphatic heterocycles. The Labute approximate surface area is 149 Å². The Morgan fingerprint density at radius 1 is 0.960 bits per heavy atom. The Hall–Kier alpha value is -2.75. The van der Waals surface area contributed by atoms with Crippen molar-refractivity contribution in [2.75, 3.05) is 21.3 Å². The van der Waals surface area contributed by atoms with E-state index in [1.165, 1.54) is 0 Å². The van der Waals surface area contributed by atoms with Crippen LogP contribution >= 0.6 is 0 Å². The van der Waals surface area contributed by atoms with E-state index in [2.05, 4.69) is 6.92 Å². The van der Waals surface area contributed by atoms with E-state index in [1.54, 1.807) is 57.7 Å². The van der Waals surface area contributed by atoms with Gasteiger partial charge in [0, 0.05) is 17.2 Å². The van der Waals surface area contributed by atoms with Crippen molar-refractivity contribution >= 4 is 11.9 Å². The van der Waals surface area contributed by atoms with Crippen molar-refractivity contribution in [1.29, 1.82) is 0 Å². The van der Waals surface area contributed by atoms with Crippen LogP contribution in [0.25, 0.3) is 6.08 Å². The number of benzene rings is 2. The zero-order valence-electron chi connectivity index (χ0n) is 15.2. The van der Waals surface area contributed by atoms with Crippen molar-refractivity contribution in [3.63, 3.8) is 0 Å². The smallest absolute Gasteiger partial charge is 0.185 e. The van der Waals surface area contributed by atoms with E-state index < -0.39 is 0 Å². The monoisotopic (exact) mass is 340 g/mol. The maximum absolute atomic E-state index is 12.4. The molecule has 0 fully saturated rings. The summed E-state index contributed by atoms with van der Waals surface area (Å²) < 4.78 is 16.0. The van der Waals surface area contributed by atoms with Crippen molar-refractivity contribution in [1.82, 2.24) is 0 Å². The van der Waals surface area contributed by atoms with E-state index in [4.69, 9.17) is 14.2 Å². The molecule has 132 valence electrons. The third-order valence-electron chi connectivity index (χ3n) is 3.94. The molecule has 0 spiro atoms. The third kappa shape index (κ3) is 4.63. The van der Waals surface area contributed by atoms with Crippen LogP contribution < -0.4 is 14.2 Å². The van der Waals surface area contributed by atoms with E-state index in [9.17, 15) is 4.79 Å². The fourth-order valence-electron chi connectivity index (χ4n) is 2.60. The highest BCUT2D eigenvalue weighted by molar-refractivity contribution is 6.07. The second-order valence-electron chi connectivity index (χ2n) is 5.58. The number of hydrogen-bond acceptors (Lipinski definition) is 4. The van der Waals surface area contributed by atoms with E-state index in [1.807, 2.05) is 12.1 Å². The van der Waals surface area contributed by atoms with Crippen molar-refractivity contribution in [3.8, 4) is 17.2 Å². The van der Waals surface area contributed by atoms with E-state index >= 15 is 0 Å². The standard InChI is InChI=1S/C21H24O4/c1-5-6-16-13-17(21(25-4)14-20(16)24-3)9-12-19(22)15-7-10-18(23-2)11-8-15/h7-14H,5-6H2,1-4H3/b12-9+. The molecule has 0 aliphatic rings. The van der Waals surface area contributed by atoms with Gasteiger partial charge in [-0.1, -0.05) is 13.3 Å². The van der Waals surface area contributed by atoms with E-state index in [0.717, 1.165) is 35.5 Å². The molecule has 0 atom stereocenters. The molecular formula is C21H24O4. The first kappa shape index (κ1) is 18.6. The summed E-state index contributed by atoms with van der Waals surface area (Å²) >= 11 is 0. The van der Waals surface area contributed by atoms with Gasteiger partial charge in [-0.3, -0.25) is 4.79 Å². The molecule has 0 saturated heterocycles. The summed E-state index contributed by atoms with van der Waals surface area (Å²) in [7, 11) is 4.86. The molecule has 0 unspecified atom stereocenters. The van der Waals surface area contributed by atoms with Gasteiger partial charge in [0.15, 0.2) is 5.78 Å². The first-order chi connectivity index (χ1) is 12.1. The average Bonchev–Trinajstić information content (AvgIpc) is 2.66. The minimum Gasteiger partial charge on any atom is -0.497 e. The molecule has 0 bridgehead atoms. The van der Waals surface area contributed by atoms with Crippen LogP contribution in [-0.4, -0.2) is 27.1 Å². The minimum absolute atomic E-state index is 0.0717. The van der Waals surface area contributed by atoms with Crippen molar-refractivity contribution in [3.05, 3.63) is 59.2 Å². The number of rotatable bonds is 8. The second kappa shape index (κ2) is 8.92. The van der Waals surface area contributed by atoms with Gasteiger partial charge >= 0.3 is 0 Å². The number of ether oxygens (including phenoxy) is 3. The highest BCUT2D eigenvalue weighted by Crippen LogP contribution is 2.31. The van der Waals surface area contributed by atoms with Crippen LogP contribution in [0, 0.1) is 0 Å². The Bertz CT molecular complexity index is 745. The summed E-state index contributed by atoms with van der Waals surface area (Å²) in [6.45, 7) is 2.12. The van der Waals surface area contributed by atoms with Gasteiger partial charge in [0.05, 0.1) is 21.3 Å². The number of allylic oxidation sites excluding steroid dienone is 1. The number of hydrogen-bond donors (Lipinski definition) is 0. The van der Waals surface area contributed by atoms with Crippen molar-refractivity contribution < 1.29 is 19.0 Å². The fraction of sp³-hybridized carbons (Fsp3) is 0.286. The lowest BCUT2D eigenvalue weighted by Gasteiger charge is -2.12. The summed E-state index contributed by atoms with van der Waals surface area (Å²) in [4.78, 5) is 12.4. The molecule has 2 aromatic carbocycles. The molecule has 0 aliphatic carbocycles. The zero-order chi connectivity index (χ0) is 18.2. The molecule has 0 aromatic heterocycles. The molecule has 2 rings (SSSR count). The lowest BCUT2D eigenvalue weighted by Crippen LogP contribution is -1.97. The Kier molecular flexibility index (Phi) is 6.63. The maximum Gasteiger partial charge on any atom is 0.185 e. The third-order valence-corrected chi connectivity index (χ3v) is 3.94. The molecule has 0 saturated carbocycles. The quantitative estimate of drug-likeness (QED) is 0.522. The lowest BCUT2D eigenvalue weighted by molar-refractivity contribution is 0.104. The Morgan fingerprint density at radius 3 is 2.20 bits per heavy atom. The molecule has 4 heteroatoms. The zero-order valence-corrected chi connectivity index (χ0v) is 15.2. The summed E-state index contributed by atoms with van der Waals surface area (Å²) in [6.07, 6.45) is 5.25. The van der Waals surface area contributed by atoms with Gasteiger partial charge in [0.1, 0.15) is 17.2 Å². The molecule has 25 heavy (non-hydrogen) atoms. The van der Waals surface area contributed by atoms with Gasteiger partial charge in [-0.05, 0) is 54.5 Å². The summed E-state index contributed by atoms with van der Waals surface area (Å²) in [5.74, 6) is 2.13. The van der Waals surface area contributed by atoms with Crippen LogP contribution in [0.4, 0.5) is 0 Å². The van der Waals surface area contributed by atoms with E-state index in [0.29, 0.717) is 11.3 Å². The molecule has 4 nitrogen and oxygen atoms in total. The van der Waals surface area contributed by atoms with Gasteiger partial charge in [-0.15, -0.1) is 0 Å². The predicted molar refractivity (Wildman–Crippen MR) is 99.9 cm³/mol. The average molecular weight is 340 g/mol. The molecule has 0 N–H and O–H groups in total. The number of methoxy groups -OCH3 is 3. The van der Waals surface area contributed by atoms with Gasteiger partial charge in [-0.25, -0.2) is 0 Å². The normalized spacial score (nSPS) is 10.7. The van der Waals surface area contributed by atoms with Gasteiger partial charge in [-0.2, -0.15) is 0 Å². The molecule has 0 amide bonds. The topological polar surface area (TPSA) is 44.8 Å². The maximum atomic E-state index is 12.4. The lowest BCUT2D eigenvalue weighted by atomic mass is 10.0. The summed E-state index contributed by atoms with van der Waals surface area (Å²) in [5, 5.41) is 0. The fourth-order valence-corrected chi connectivity index (χ4v) is 2.60. The summed E-state index contributed by atoms with van der Waals surface area (Å²) in [5.41, 5.74) is 2.56. The number of carbonyl (C=O) groups is 1. The van der Waals surface area contributed by atoms with Gasteiger partial charge in [0.25, 0.3) is 0 Å². The summed E-state index contributed by atoms with van der Waals surface area (Å²) in [6, 6.07) is 10.9. The highest BCUT2D eigenvalue weighted by atomic mass is 16.5. The predicted octanol–water partition coefficient (Wildman–Crippen LogP) is 4.56. The van der Waals surface area contributed by atoms with Crippen LogP contribution in [0.1, 0.15) is 34.8 Å². The highest BCUT2D eigenvalue weighted by Gasteiger charge is 2.10. The van der Waals surface area contributed by atoms with Crippen LogP contribution in [-0.2, 0) is 6.42 Å². The molecular weight excluding hydrogens is 316 g/mol. The SMILES string of the molecule is CCCc1cc(/C=C/C(=O)c2ccc(OC)cc2)c(OC)cc1OC. The van der Waals surface area contributed by atoms with E-state index in [-0.39, 0.29) is 5.78 Å². The Balaban J connectivity index is 2.28. The van der Waals surface area contributed by atoms with Crippen molar-refractivity contribution in [2.24, 2.45) is 0 Å². The van der Waals surface area contributed by atoms with Crippen LogP contribution in [0.3, 0.4) is 0 Å². The number of carbonyl (C=O) groups excluding carboxylic acids is 1. The Morgan fingerprint density at radius 2 is 1.64 bits per heavy atom. The number of aryl methyl sites for hydroxylation is 1. The number of ketones is 1.